The number of para-hydroxylation sites is 1. The van der Waals surface area contributed by atoms with E-state index < -0.39 is 0 Å². The Labute approximate surface area is 164 Å². The average Bonchev–Trinajstić information content (AvgIpc) is 3.14. The van der Waals surface area contributed by atoms with Gasteiger partial charge in [-0.25, -0.2) is 0 Å². The van der Waals surface area contributed by atoms with Crippen LogP contribution in [0.25, 0.3) is 0 Å². The summed E-state index contributed by atoms with van der Waals surface area (Å²) in [5.74, 6) is -0.388. The van der Waals surface area contributed by atoms with Crippen molar-refractivity contribution in [3.63, 3.8) is 0 Å². The molecule has 1 heterocycles. The Bertz CT molecular complexity index is 862. The Morgan fingerprint density at radius 3 is 2.46 bits per heavy atom. The number of carbonyl (C=O) groups is 3. The van der Waals surface area contributed by atoms with Crippen LogP contribution in [0.4, 0.5) is 11.4 Å². The summed E-state index contributed by atoms with van der Waals surface area (Å²) in [7, 11) is 0. The predicted molar refractivity (Wildman–Crippen MR) is 110 cm³/mol. The number of hydrogen-bond donors (Lipinski definition) is 2. The summed E-state index contributed by atoms with van der Waals surface area (Å²) in [6, 6.07) is 13.9. The fourth-order valence-corrected chi connectivity index (χ4v) is 3.17. The van der Waals surface area contributed by atoms with Gasteiger partial charge in [0.2, 0.25) is 5.91 Å². The molecule has 0 bridgehead atoms. The van der Waals surface area contributed by atoms with E-state index in [2.05, 4.69) is 17.6 Å². The lowest BCUT2D eigenvalue weighted by atomic mass is 10.1. The Balaban J connectivity index is 1.69. The van der Waals surface area contributed by atoms with Crippen molar-refractivity contribution >= 4 is 29.1 Å². The van der Waals surface area contributed by atoms with E-state index in [1.54, 1.807) is 53.4 Å². The van der Waals surface area contributed by atoms with Crippen LogP contribution in [0.5, 0.6) is 0 Å². The number of benzene rings is 2. The molecule has 0 spiro atoms. The first-order chi connectivity index (χ1) is 13.6. The highest BCUT2D eigenvalue weighted by Gasteiger charge is 2.22. The van der Waals surface area contributed by atoms with Crippen LogP contribution in [0.2, 0.25) is 0 Å². The molecule has 0 aromatic heterocycles. The van der Waals surface area contributed by atoms with Crippen molar-refractivity contribution in [2.75, 3.05) is 23.3 Å². The molecule has 2 N–H and O–H groups in total. The third-order valence-electron chi connectivity index (χ3n) is 4.75. The second kappa shape index (κ2) is 9.17. The lowest BCUT2D eigenvalue weighted by Gasteiger charge is -2.16. The summed E-state index contributed by atoms with van der Waals surface area (Å²) in [6.07, 6.45) is 3.33. The summed E-state index contributed by atoms with van der Waals surface area (Å²) >= 11 is 0. The normalized spacial score (nSPS) is 13.5. The zero-order chi connectivity index (χ0) is 19.9. The first kappa shape index (κ1) is 19.6. The summed E-state index contributed by atoms with van der Waals surface area (Å²) < 4.78 is 0. The highest BCUT2D eigenvalue weighted by atomic mass is 16.2. The Kier molecular flexibility index (Phi) is 6.42. The average molecular weight is 379 g/mol. The van der Waals surface area contributed by atoms with Gasteiger partial charge in [0.05, 0.1) is 11.3 Å². The van der Waals surface area contributed by atoms with E-state index in [1.807, 2.05) is 0 Å². The van der Waals surface area contributed by atoms with Crippen molar-refractivity contribution in [3.05, 3.63) is 59.7 Å². The van der Waals surface area contributed by atoms with Crippen LogP contribution in [0.3, 0.4) is 0 Å². The standard InChI is InChI=1S/C22H25N3O3/c1-2-3-14-23-22(28)18-7-4-5-8-19(18)24-21(27)16-10-12-17(13-11-16)25-15-6-9-20(25)26/h4-5,7-8,10-13H,2-3,6,9,14-15H2,1H3,(H,23,28)(H,24,27). The highest BCUT2D eigenvalue weighted by molar-refractivity contribution is 6.09. The maximum Gasteiger partial charge on any atom is 0.255 e. The topological polar surface area (TPSA) is 78.5 Å². The van der Waals surface area contributed by atoms with E-state index >= 15 is 0 Å². The highest BCUT2D eigenvalue weighted by Crippen LogP contribution is 2.22. The SMILES string of the molecule is CCCCNC(=O)c1ccccc1NC(=O)c1ccc(N2CCCC2=O)cc1. The van der Waals surface area contributed by atoms with Gasteiger partial charge in [-0.3, -0.25) is 14.4 Å². The van der Waals surface area contributed by atoms with Crippen LogP contribution in [0.15, 0.2) is 48.5 Å². The van der Waals surface area contributed by atoms with Gasteiger partial charge < -0.3 is 15.5 Å². The molecule has 1 fully saturated rings. The molecule has 0 aliphatic carbocycles. The molecule has 28 heavy (non-hydrogen) atoms. The molecule has 0 radical (unpaired) electrons. The molecule has 1 aliphatic rings. The minimum atomic E-state index is -0.298. The van der Waals surface area contributed by atoms with Crippen LogP contribution in [-0.4, -0.2) is 30.8 Å². The third kappa shape index (κ3) is 4.57. The van der Waals surface area contributed by atoms with Gasteiger partial charge in [-0.1, -0.05) is 25.5 Å². The smallest absolute Gasteiger partial charge is 0.255 e. The van der Waals surface area contributed by atoms with E-state index in [9.17, 15) is 14.4 Å². The van der Waals surface area contributed by atoms with Crippen molar-refractivity contribution in [2.24, 2.45) is 0 Å². The van der Waals surface area contributed by atoms with Crippen molar-refractivity contribution in [2.45, 2.75) is 32.6 Å². The molecule has 3 rings (SSSR count). The summed E-state index contributed by atoms with van der Waals surface area (Å²) in [5, 5.41) is 5.68. The quantitative estimate of drug-likeness (QED) is 0.722. The van der Waals surface area contributed by atoms with Gasteiger partial charge >= 0.3 is 0 Å². The van der Waals surface area contributed by atoms with E-state index in [0.29, 0.717) is 36.3 Å². The minimum Gasteiger partial charge on any atom is -0.352 e. The fourth-order valence-electron chi connectivity index (χ4n) is 3.17. The Morgan fingerprint density at radius 1 is 1.04 bits per heavy atom. The first-order valence-electron chi connectivity index (χ1n) is 9.69. The zero-order valence-electron chi connectivity index (χ0n) is 16.0. The minimum absolute atomic E-state index is 0.111. The molecule has 6 nitrogen and oxygen atoms in total. The number of amides is 3. The van der Waals surface area contributed by atoms with Gasteiger partial charge in [-0.05, 0) is 49.2 Å². The van der Waals surface area contributed by atoms with Crippen LogP contribution >= 0.6 is 0 Å². The van der Waals surface area contributed by atoms with Crippen molar-refractivity contribution in [1.29, 1.82) is 0 Å². The van der Waals surface area contributed by atoms with Gasteiger partial charge in [-0.2, -0.15) is 0 Å². The van der Waals surface area contributed by atoms with E-state index in [0.717, 1.165) is 24.9 Å². The number of nitrogens with zero attached hydrogens (tertiary/aromatic N) is 1. The molecular formula is C22H25N3O3. The molecule has 1 aliphatic heterocycles. The number of hydrogen-bond acceptors (Lipinski definition) is 3. The van der Waals surface area contributed by atoms with Gasteiger partial charge in [0.25, 0.3) is 11.8 Å². The molecule has 0 saturated carbocycles. The second-order valence-corrected chi connectivity index (χ2v) is 6.80. The van der Waals surface area contributed by atoms with Crippen LogP contribution in [-0.2, 0) is 4.79 Å². The predicted octanol–water partition coefficient (Wildman–Crippen LogP) is 3.60. The largest absolute Gasteiger partial charge is 0.352 e. The summed E-state index contributed by atoms with van der Waals surface area (Å²) in [5.41, 5.74) is 2.18. The summed E-state index contributed by atoms with van der Waals surface area (Å²) in [6.45, 7) is 3.38. The number of carbonyl (C=O) groups excluding carboxylic acids is 3. The Morgan fingerprint density at radius 2 is 1.79 bits per heavy atom. The van der Waals surface area contributed by atoms with E-state index in [-0.39, 0.29) is 17.7 Å². The summed E-state index contributed by atoms with van der Waals surface area (Å²) in [4.78, 5) is 38.6. The van der Waals surface area contributed by atoms with Crippen molar-refractivity contribution < 1.29 is 14.4 Å². The van der Waals surface area contributed by atoms with E-state index in [1.165, 1.54) is 0 Å². The molecule has 146 valence electrons. The van der Waals surface area contributed by atoms with E-state index in [4.69, 9.17) is 0 Å². The molecule has 3 amide bonds. The maximum absolute atomic E-state index is 12.6. The number of nitrogens with one attached hydrogen (secondary N) is 2. The lowest BCUT2D eigenvalue weighted by molar-refractivity contribution is -0.117. The lowest BCUT2D eigenvalue weighted by Crippen LogP contribution is -2.26. The molecule has 1 saturated heterocycles. The molecule has 0 atom stereocenters. The van der Waals surface area contributed by atoms with Crippen molar-refractivity contribution in [1.82, 2.24) is 5.32 Å². The second-order valence-electron chi connectivity index (χ2n) is 6.80. The number of unbranched alkanes of at least 4 members (excludes halogenated alkanes) is 1. The van der Waals surface area contributed by atoms with Gasteiger partial charge in [0.1, 0.15) is 0 Å². The number of anilines is 2. The third-order valence-corrected chi connectivity index (χ3v) is 4.75. The molecular weight excluding hydrogens is 354 g/mol. The zero-order valence-corrected chi connectivity index (χ0v) is 16.0. The molecule has 2 aromatic carbocycles. The first-order valence-corrected chi connectivity index (χ1v) is 9.69. The van der Waals surface area contributed by atoms with Crippen LogP contribution < -0.4 is 15.5 Å². The van der Waals surface area contributed by atoms with Crippen LogP contribution in [0, 0.1) is 0 Å². The number of rotatable bonds is 7. The van der Waals surface area contributed by atoms with Crippen molar-refractivity contribution in [3.8, 4) is 0 Å². The van der Waals surface area contributed by atoms with Crippen LogP contribution in [0.1, 0.15) is 53.3 Å². The molecule has 2 aromatic rings. The van der Waals surface area contributed by atoms with Gasteiger partial charge in [0, 0.05) is 30.8 Å². The molecule has 0 unspecified atom stereocenters. The maximum atomic E-state index is 12.6. The Hall–Kier alpha value is -3.15. The van der Waals surface area contributed by atoms with Gasteiger partial charge in [-0.15, -0.1) is 0 Å². The van der Waals surface area contributed by atoms with Gasteiger partial charge in [0.15, 0.2) is 0 Å². The fraction of sp³-hybridized carbons (Fsp3) is 0.318. The molecule has 6 heteroatoms. The monoisotopic (exact) mass is 379 g/mol.